The van der Waals surface area contributed by atoms with E-state index in [1.807, 2.05) is 0 Å². The molecule has 0 bridgehead atoms. The van der Waals surface area contributed by atoms with Crippen LogP contribution in [-0.4, -0.2) is 62.7 Å². The van der Waals surface area contributed by atoms with E-state index in [1.54, 1.807) is 0 Å². The van der Waals surface area contributed by atoms with Gasteiger partial charge in [0, 0.05) is 31.7 Å². The van der Waals surface area contributed by atoms with Crippen molar-refractivity contribution < 1.29 is 0 Å². The van der Waals surface area contributed by atoms with E-state index in [2.05, 4.69) is 68.3 Å². The van der Waals surface area contributed by atoms with Crippen LogP contribution in [0.2, 0.25) is 0 Å². The summed E-state index contributed by atoms with van der Waals surface area (Å²) in [6.45, 7) is 7.93. The zero-order valence-electron chi connectivity index (χ0n) is 13.6. The minimum absolute atomic E-state index is 0.502. The molecule has 0 amide bonds. The van der Waals surface area contributed by atoms with E-state index in [9.17, 15) is 0 Å². The van der Waals surface area contributed by atoms with Gasteiger partial charge in [-0.2, -0.15) is 0 Å². The van der Waals surface area contributed by atoms with Gasteiger partial charge in [-0.25, -0.2) is 0 Å². The zero-order valence-corrected chi connectivity index (χ0v) is 13.6. The molecule has 0 spiro atoms. The summed E-state index contributed by atoms with van der Waals surface area (Å²) < 4.78 is 0. The van der Waals surface area contributed by atoms with Crippen LogP contribution in [0.5, 0.6) is 0 Å². The third-order valence-electron chi connectivity index (χ3n) is 4.80. The summed E-state index contributed by atoms with van der Waals surface area (Å²) in [6, 6.07) is 7.70. The van der Waals surface area contributed by atoms with Crippen molar-refractivity contribution >= 4 is 0 Å². The summed E-state index contributed by atoms with van der Waals surface area (Å²) in [5, 5.41) is 3.56. The number of hydrogen-bond donors (Lipinski definition) is 1. The van der Waals surface area contributed by atoms with E-state index in [1.165, 1.54) is 23.2 Å². The first kappa shape index (κ1) is 15.5. The van der Waals surface area contributed by atoms with Gasteiger partial charge in [0.15, 0.2) is 0 Å². The topological polar surface area (TPSA) is 18.5 Å². The van der Waals surface area contributed by atoms with Crippen molar-refractivity contribution in [3.63, 3.8) is 0 Å². The Morgan fingerprint density at radius 3 is 2.45 bits per heavy atom. The summed E-state index contributed by atoms with van der Waals surface area (Å²) in [6.07, 6.45) is 1.11. The van der Waals surface area contributed by atoms with Crippen LogP contribution in [0.1, 0.15) is 16.7 Å². The normalized spacial score (nSPS) is 22.9. The van der Waals surface area contributed by atoms with Crippen molar-refractivity contribution in [1.82, 2.24) is 15.1 Å². The first-order chi connectivity index (χ1) is 9.52. The van der Waals surface area contributed by atoms with E-state index < -0.39 is 0 Å². The van der Waals surface area contributed by atoms with Gasteiger partial charge in [0.1, 0.15) is 0 Å². The number of likely N-dealkylation sites (N-methyl/N-ethyl adjacent to an activating group) is 3. The monoisotopic (exact) mass is 275 g/mol. The number of hydrogen-bond acceptors (Lipinski definition) is 3. The molecular weight excluding hydrogens is 246 g/mol. The number of benzene rings is 1. The van der Waals surface area contributed by atoms with E-state index in [4.69, 9.17) is 0 Å². The van der Waals surface area contributed by atoms with Gasteiger partial charge in [0.25, 0.3) is 0 Å². The SMILES string of the molecule is CNC(Cc1c(C)cccc1C)C1CN(C)CCN1C. The maximum Gasteiger partial charge on any atom is 0.0377 e. The molecule has 2 unspecified atom stereocenters. The highest BCUT2D eigenvalue weighted by Crippen LogP contribution is 2.19. The van der Waals surface area contributed by atoms with Gasteiger partial charge < -0.3 is 10.2 Å². The molecule has 1 saturated heterocycles. The Balaban J connectivity index is 2.16. The summed E-state index contributed by atoms with van der Waals surface area (Å²) in [5.74, 6) is 0. The van der Waals surface area contributed by atoms with E-state index >= 15 is 0 Å². The predicted octanol–water partition coefficient (Wildman–Crippen LogP) is 1.68. The largest absolute Gasteiger partial charge is 0.315 e. The molecule has 2 rings (SSSR count). The maximum atomic E-state index is 3.56. The zero-order chi connectivity index (χ0) is 14.7. The van der Waals surface area contributed by atoms with Gasteiger partial charge in [-0.1, -0.05) is 18.2 Å². The lowest BCUT2D eigenvalue weighted by Gasteiger charge is -2.42. The van der Waals surface area contributed by atoms with Crippen molar-refractivity contribution in [1.29, 1.82) is 0 Å². The van der Waals surface area contributed by atoms with Crippen LogP contribution in [-0.2, 0) is 6.42 Å². The second kappa shape index (κ2) is 6.70. The van der Waals surface area contributed by atoms with E-state index in [0.717, 1.165) is 19.5 Å². The van der Waals surface area contributed by atoms with Gasteiger partial charge >= 0.3 is 0 Å². The molecule has 0 radical (unpaired) electrons. The third-order valence-corrected chi connectivity index (χ3v) is 4.80. The molecule has 1 fully saturated rings. The Morgan fingerprint density at radius 1 is 1.20 bits per heavy atom. The van der Waals surface area contributed by atoms with Gasteiger partial charge in [0.2, 0.25) is 0 Å². The van der Waals surface area contributed by atoms with Crippen LogP contribution >= 0.6 is 0 Å². The van der Waals surface area contributed by atoms with E-state index in [0.29, 0.717) is 12.1 Å². The molecule has 112 valence electrons. The van der Waals surface area contributed by atoms with Gasteiger partial charge in [-0.3, -0.25) is 4.90 Å². The lowest BCUT2D eigenvalue weighted by molar-refractivity contribution is 0.0896. The molecule has 0 aliphatic carbocycles. The molecule has 1 aliphatic rings. The van der Waals surface area contributed by atoms with E-state index in [-0.39, 0.29) is 0 Å². The third kappa shape index (κ3) is 3.40. The lowest BCUT2D eigenvalue weighted by Crippen LogP contribution is -2.58. The Kier molecular flexibility index (Phi) is 5.19. The van der Waals surface area contributed by atoms with Gasteiger partial charge in [0.05, 0.1) is 0 Å². The summed E-state index contributed by atoms with van der Waals surface area (Å²) in [7, 11) is 6.58. The highest BCUT2D eigenvalue weighted by atomic mass is 15.3. The Hall–Kier alpha value is -0.900. The van der Waals surface area contributed by atoms with Crippen LogP contribution in [0.4, 0.5) is 0 Å². The van der Waals surface area contributed by atoms with Gasteiger partial charge in [-0.05, 0) is 58.1 Å². The van der Waals surface area contributed by atoms with Crippen LogP contribution in [0, 0.1) is 13.8 Å². The summed E-state index contributed by atoms with van der Waals surface area (Å²) in [5.41, 5.74) is 4.34. The molecule has 1 aromatic carbocycles. The lowest BCUT2D eigenvalue weighted by atomic mass is 9.91. The fourth-order valence-electron chi connectivity index (χ4n) is 3.30. The summed E-state index contributed by atoms with van der Waals surface area (Å²) >= 11 is 0. The second-order valence-corrected chi connectivity index (χ2v) is 6.28. The Labute approximate surface area is 124 Å². The molecule has 1 heterocycles. The van der Waals surface area contributed by atoms with Crippen molar-refractivity contribution in [2.24, 2.45) is 0 Å². The molecule has 2 atom stereocenters. The number of nitrogens with one attached hydrogen (secondary N) is 1. The molecule has 1 aliphatic heterocycles. The molecule has 0 aromatic heterocycles. The fourth-order valence-corrected chi connectivity index (χ4v) is 3.30. The Morgan fingerprint density at radius 2 is 1.85 bits per heavy atom. The number of aryl methyl sites for hydroxylation is 2. The number of piperazine rings is 1. The molecular formula is C17H29N3. The van der Waals surface area contributed by atoms with Crippen LogP contribution < -0.4 is 5.32 Å². The van der Waals surface area contributed by atoms with Crippen LogP contribution in [0.25, 0.3) is 0 Å². The minimum atomic E-state index is 0.502. The average Bonchev–Trinajstić information content (AvgIpc) is 2.42. The van der Waals surface area contributed by atoms with Crippen molar-refractivity contribution in [3.8, 4) is 0 Å². The van der Waals surface area contributed by atoms with Crippen LogP contribution in [0.3, 0.4) is 0 Å². The second-order valence-electron chi connectivity index (χ2n) is 6.28. The molecule has 20 heavy (non-hydrogen) atoms. The highest BCUT2D eigenvalue weighted by molar-refractivity contribution is 5.34. The molecule has 0 saturated carbocycles. The minimum Gasteiger partial charge on any atom is -0.315 e. The molecule has 3 nitrogen and oxygen atoms in total. The average molecular weight is 275 g/mol. The van der Waals surface area contributed by atoms with Crippen molar-refractivity contribution in [2.45, 2.75) is 32.4 Å². The molecule has 1 aromatic rings. The number of nitrogens with zero attached hydrogens (tertiary/aromatic N) is 2. The first-order valence-electron chi connectivity index (χ1n) is 7.64. The standard InChI is InChI=1S/C17H29N3/c1-13-7-6-8-14(2)15(13)11-16(18-3)17-12-19(4)9-10-20(17)5/h6-8,16-18H,9-12H2,1-5H3. The maximum absolute atomic E-state index is 3.56. The smallest absolute Gasteiger partial charge is 0.0377 e. The van der Waals surface area contributed by atoms with Gasteiger partial charge in [-0.15, -0.1) is 0 Å². The molecule has 3 heteroatoms. The van der Waals surface area contributed by atoms with Crippen molar-refractivity contribution in [2.75, 3.05) is 40.8 Å². The highest BCUT2D eigenvalue weighted by Gasteiger charge is 2.29. The molecule has 1 N–H and O–H groups in total. The number of rotatable bonds is 4. The quantitative estimate of drug-likeness (QED) is 0.902. The fraction of sp³-hybridized carbons (Fsp3) is 0.647. The first-order valence-corrected chi connectivity index (χ1v) is 7.64. The van der Waals surface area contributed by atoms with Crippen molar-refractivity contribution in [3.05, 3.63) is 34.9 Å². The predicted molar refractivity (Wildman–Crippen MR) is 86.4 cm³/mol. The Bertz CT molecular complexity index is 424. The van der Waals surface area contributed by atoms with Crippen LogP contribution in [0.15, 0.2) is 18.2 Å². The summed E-state index contributed by atoms with van der Waals surface area (Å²) in [4.78, 5) is 4.95.